The van der Waals surface area contributed by atoms with Gasteiger partial charge >= 0.3 is 0 Å². The number of hydrogen-bond donors (Lipinski definition) is 1. The van der Waals surface area contributed by atoms with E-state index >= 15 is 0 Å². The predicted molar refractivity (Wildman–Crippen MR) is 117 cm³/mol. The van der Waals surface area contributed by atoms with Crippen LogP contribution in [0.4, 0.5) is 0 Å². The van der Waals surface area contributed by atoms with Crippen molar-refractivity contribution in [1.29, 1.82) is 5.26 Å². The molecule has 2 aromatic carbocycles. The fourth-order valence-electron chi connectivity index (χ4n) is 2.72. The maximum atomic E-state index is 12.4. The third-order valence-electron chi connectivity index (χ3n) is 4.09. The third kappa shape index (κ3) is 4.48. The first kappa shape index (κ1) is 21.0. The molecule has 0 radical (unpaired) electrons. The molecule has 0 spiro atoms. The van der Waals surface area contributed by atoms with Gasteiger partial charge in [0.1, 0.15) is 11.6 Å². The maximum Gasteiger partial charge on any atom is 0.185 e. The van der Waals surface area contributed by atoms with Crippen LogP contribution in [0, 0.1) is 11.3 Å². The Morgan fingerprint density at radius 3 is 2.59 bits per heavy atom. The minimum absolute atomic E-state index is 0.0147. The lowest BCUT2D eigenvalue weighted by Crippen LogP contribution is -2.11. The molecule has 2 N–H and O–H groups in total. The van der Waals surface area contributed by atoms with Crippen LogP contribution < -0.4 is 5.73 Å². The van der Waals surface area contributed by atoms with E-state index in [2.05, 4.69) is 4.98 Å². The Kier molecular flexibility index (Phi) is 6.65. The molecule has 0 aliphatic heterocycles. The van der Waals surface area contributed by atoms with Gasteiger partial charge in [0.25, 0.3) is 0 Å². The van der Waals surface area contributed by atoms with E-state index in [4.69, 9.17) is 34.2 Å². The van der Waals surface area contributed by atoms with Gasteiger partial charge in [0.05, 0.1) is 33.4 Å². The van der Waals surface area contributed by atoms with Gasteiger partial charge in [-0.3, -0.25) is 9.36 Å². The molecule has 0 saturated heterocycles. The van der Waals surface area contributed by atoms with E-state index in [0.717, 1.165) is 11.3 Å². The van der Waals surface area contributed by atoms with Gasteiger partial charge < -0.3 is 5.73 Å². The maximum absolute atomic E-state index is 12.4. The second-order valence-corrected chi connectivity index (χ2v) is 7.81. The molecule has 5 nitrogen and oxygen atoms in total. The molecule has 0 atom stereocenters. The number of imidazole rings is 1. The van der Waals surface area contributed by atoms with Gasteiger partial charge in [-0.25, -0.2) is 4.98 Å². The number of hydrogen-bond acceptors (Lipinski definition) is 5. The smallest absolute Gasteiger partial charge is 0.185 e. The van der Waals surface area contributed by atoms with Crippen LogP contribution in [0.25, 0.3) is 16.9 Å². The van der Waals surface area contributed by atoms with Crippen molar-refractivity contribution in [3.8, 4) is 23.0 Å². The van der Waals surface area contributed by atoms with Crippen molar-refractivity contribution < 1.29 is 4.79 Å². The lowest BCUT2D eigenvalue weighted by molar-refractivity contribution is -0.112. The number of Topliss-reactive ketones (excluding diaryl/α,β-unsaturated/α-hetero) is 1. The van der Waals surface area contributed by atoms with E-state index in [1.807, 2.05) is 47.0 Å². The van der Waals surface area contributed by atoms with Crippen LogP contribution in [0.1, 0.15) is 6.92 Å². The van der Waals surface area contributed by atoms with Gasteiger partial charge in [-0.15, -0.1) is 0 Å². The standard InChI is InChI=1S/C21H16Cl2N4OS/c1-13(25)15(10-24)19(28)12-29-21-26-11-18(14-6-3-2-4-7-14)27(21)17-9-5-8-16(22)20(17)23/h2-9,11H,12,25H2,1H3/b15-13+. The lowest BCUT2D eigenvalue weighted by Gasteiger charge is -2.14. The third-order valence-corrected chi connectivity index (χ3v) is 5.85. The van der Waals surface area contributed by atoms with Gasteiger partial charge in [-0.2, -0.15) is 5.26 Å². The highest BCUT2D eigenvalue weighted by molar-refractivity contribution is 7.99. The number of nitrogens with two attached hydrogens (primary N) is 1. The highest BCUT2D eigenvalue weighted by Gasteiger charge is 2.19. The summed E-state index contributed by atoms with van der Waals surface area (Å²) in [4.78, 5) is 16.9. The summed E-state index contributed by atoms with van der Waals surface area (Å²) in [6, 6.07) is 16.9. The average molecular weight is 443 g/mol. The number of carbonyl (C=O) groups is 1. The van der Waals surface area contributed by atoms with Crippen LogP contribution in [-0.4, -0.2) is 21.1 Å². The predicted octanol–water partition coefficient (Wildman–Crippen LogP) is 5.26. The molecule has 3 rings (SSSR count). The van der Waals surface area contributed by atoms with Crippen molar-refractivity contribution in [3.63, 3.8) is 0 Å². The largest absolute Gasteiger partial charge is 0.401 e. The Balaban J connectivity index is 2.06. The monoisotopic (exact) mass is 442 g/mol. The molecule has 8 heteroatoms. The Morgan fingerprint density at radius 2 is 1.93 bits per heavy atom. The van der Waals surface area contributed by atoms with Crippen molar-refractivity contribution in [2.24, 2.45) is 5.73 Å². The average Bonchev–Trinajstić information content (AvgIpc) is 3.13. The molecule has 3 aromatic rings. The summed E-state index contributed by atoms with van der Waals surface area (Å²) in [6.07, 6.45) is 1.72. The molecular weight excluding hydrogens is 427 g/mol. The van der Waals surface area contributed by atoms with Crippen molar-refractivity contribution in [3.05, 3.63) is 76.0 Å². The van der Waals surface area contributed by atoms with E-state index in [1.54, 1.807) is 18.3 Å². The van der Waals surface area contributed by atoms with Crippen LogP contribution in [0.3, 0.4) is 0 Å². The number of carbonyl (C=O) groups excluding carboxylic acids is 1. The number of benzene rings is 2. The number of rotatable bonds is 6. The van der Waals surface area contributed by atoms with Gasteiger partial charge in [0.2, 0.25) is 0 Å². The van der Waals surface area contributed by atoms with E-state index in [0.29, 0.717) is 20.9 Å². The number of thioether (sulfide) groups is 1. The van der Waals surface area contributed by atoms with Gasteiger partial charge in [-0.1, -0.05) is 71.4 Å². The molecule has 0 unspecified atom stereocenters. The van der Waals surface area contributed by atoms with Crippen LogP contribution in [0.15, 0.2) is 71.2 Å². The molecule has 29 heavy (non-hydrogen) atoms. The fraction of sp³-hybridized carbons (Fsp3) is 0.0952. The quantitative estimate of drug-likeness (QED) is 0.319. The summed E-state index contributed by atoms with van der Waals surface area (Å²) >= 11 is 13.9. The molecule has 0 aliphatic carbocycles. The van der Waals surface area contributed by atoms with Crippen molar-refractivity contribution in [2.75, 3.05) is 5.75 Å². The molecule has 0 saturated carbocycles. The molecule has 0 bridgehead atoms. The zero-order chi connectivity index (χ0) is 21.0. The minimum Gasteiger partial charge on any atom is -0.401 e. The summed E-state index contributed by atoms with van der Waals surface area (Å²) in [5.41, 5.74) is 8.17. The fourth-order valence-corrected chi connectivity index (χ4v) is 3.96. The Bertz CT molecular complexity index is 1130. The van der Waals surface area contributed by atoms with Gasteiger partial charge in [-0.05, 0) is 19.1 Å². The highest BCUT2D eigenvalue weighted by Crippen LogP contribution is 2.35. The summed E-state index contributed by atoms with van der Waals surface area (Å²) in [5, 5.41) is 10.5. The van der Waals surface area contributed by atoms with Crippen LogP contribution in [0.2, 0.25) is 10.0 Å². The van der Waals surface area contributed by atoms with Crippen LogP contribution in [0.5, 0.6) is 0 Å². The lowest BCUT2D eigenvalue weighted by atomic mass is 10.1. The normalized spacial score (nSPS) is 11.7. The molecule has 0 amide bonds. The second kappa shape index (κ2) is 9.19. The topological polar surface area (TPSA) is 84.7 Å². The minimum atomic E-state index is -0.356. The Labute approximate surface area is 182 Å². The number of halogens is 2. The van der Waals surface area contributed by atoms with E-state index in [1.165, 1.54) is 18.7 Å². The highest BCUT2D eigenvalue weighted by atomic mass is 35.5. The van der Waals surface area contributed by atoms with E-state index in [9.17, 15) is 4.79 Å². The van der Waals surface area contributed by atoms with Crippen molar-refractivity contribution in [1.82, 2.24) is 9.55 Å². The summed E-state index contributed by atoms with van der Waals surface area (Å²) in [7, 11) is 0. The number of aromatic nitrogens is 2. The molecule has 0 aliphatic rings. The van der Waals surface area contributed by atoms with Crippen LogP contribution >= 0.6 is 35.0 Å². The van der Waals surface area contributed by atoms with Crippen molar-refractivity contribution in [2.45, 2.75) is 12.1 Å². The number of ketones is 1. The van der Waals surface area contributed by atoms with E-state index in [-0.39, 0.29) is 22.8 Å². The summed E-state index contributed by atoms with van der Waals surface area (Å²) < 4.78 is 1.85. The van der Waals surface area contributed by atoms with Gasteiger partial charge in [0.15, 0.2) is 10.9 Å². The summed E-state index contributed by atoms with van der Waals surface area (Å²) in [6.45, 7) is 1.53. The number of allylic oxidation sites excluding steroid dienone is 2. The summed E-state index contributed by atoms with van der Waals surface area (Å²) in [5.74, 6) is -0.341. The zero-order valence-electron chi connectivity index (χ0n) is 15.4. The molecular formula is C21H16Cl2N4OS. The Morgan fingerprint density at radius 1 is 1.21 bits per heavy atom. The van der Waals surface area contributed by atoms with Crippen molar-refractivity contribution >= 4 is 40.7 Å². The first-order valence-electron chi connectivity index (χ1n) is 8.54. The first-order valence-corrected chi connectivity index (χ1v) is 10.3. The Hall–Kier alpha value is -2.72. The zero-order valence-corrected chi connectivity index (χ0v) is 17.7. The van der Waals surface area contributed by atoms with Gasteiger partial charge in [0, 0.05) is 11.3 Å². The number of nitriles is 1. The van der Waals surface area contributed by atoms with E-state index < -0.39 is 0 Å². The SMILES string of the molecule is C/C(N)=C(/C#N)C(=O)CSc1ncc(-c2ccccc2)n1-c1cccc(Cl)c1Cl. The molecule has 1 aromatic heterocycles. The molecule has 146 valence electrons. The number of nitrogens with zero attached hydrogens (tertiary/aromatic N) is 3. The van der Waals surface area contributed by atoms with Crippen LogP contribution in [-0.2, 0) is 4.79 Å². The molecule has 1 heterocycles. The molecule has 0 fully saturated rings. The second-order valence-electron chi connectivity index (χ2n) is 6.08. The first-order chi connectivity index (χ1) is 13.9.